The third kappa shape index (κ3) is 6.07. The summed E-state index contributed by atoms with van der Waals surface area (Å²) < 4.78 is 32.7. The Morgan fingerprint density at radius 1 is 1.03 bits per heavy atom. The van der Waals surface area contributed by atoms with Crippen molar-refractivity contribution >= 4 is 27.6 Å². The van der Waals surface area contributed by atoms with E-state index in [-0.39, 0.29) is 28.1 Å². The number of carbonyl (C=O) groups excluding carboxylic acids is 2. The maximum absolute atomic E-state index is 12.5. The van der Waals surface area contributed by atoms with E-state index in [1.165, 1.54) is 43.7 Å². The number of ether oxygens (including phenoxy) is 1. The van der Waals surface area contributed by atoms with E-state index < -0.39 is 22.1 Å². The van der Waals surface area contributed by atoms with Crippen LogP contribution in [-0.2, 0) is 19.6 Å². The summed E-state index contributed by atoms with van der Waals surface area (Å²) in [7, 11) is -3.78. The Kier molecular flexibility index (Phi) is 7.33. The molecule has 3 atom stereocenters. The number of hydrogen-bond acceptors (Lipinski definition) is 5. The van der Waals surface area contributed by atoms with Crippen LogP contribution in [-0.4, -0.2) is 32.4 Å². The van der Waals surface area contributed by atoms with Crippen molar-refractivity contribution < 1.29 is 22.7 Å². The Balaban J connectivity index is 1.62. The predicted molar refractivity (Wildman–Crippen MR) is 118 cm³/mol. The van der Waals surface area contributed by atoms with Crippen molar-refractivity contribution in [1.29, 1.82) is 0 Å². The highest BCUT2D eigenvalue weighted by Crippen LogP contribution is 2.24. The van der Waals surface area contributed by atoms with E-state index in [0.717, 1.165) is 19.3 Å². The van der Waals surface area contributed by atoms with E-state index in [0.29, 0.717) is 5.92 Å². The zero-order valence-corrected chi connectivity index (χ0v) is 18.5. The molecule has 3 unspecified atom stereocenters. The maximum atomic E-state index is 12.5. The van der Waals surface area contributed by atoms with Crippen LogP contribution in [0.5, 0.6) is 0 Å². The number of carbonyl (C=O) groups is 2. The van der Waals surface area contributed by atoms with Gasteiger partial charge >= 0.3 is 5.97 Å². The van der Waals surface area contributed by atoms with Gasteiger partial charge in [0.25, 0.3) is 15.9 Å². The fraction of sp³-hybridized carbons (Fsp3) is 0.391. The van der Waals surface area contributed by atoms with E-state index in [1.807, 2.05) is 0 Å². The van der Waals surface area contributed by atoms with Crippen molar-refractivity contribution in [2.24, 2.45) is 5.92 Å². The molecule has 0 radical (unpaired) electrons. The molecule has 1 aliphatic rings. The first-order valence-electron chi connectivity index (χ1n) is 10.5. The van der Waals surface area contributed by atoms with Gasteiger partial charge in [-0.1, -0.05) is 44.0 Å². The third-order valence-corrected chi connectivity index (χ3v) is 6.89. The van der Waals surface area contributed by atoms with Gasteiger partial charge in [-0.15, -0.1) is 0 Å². The fourth-order valence-electron chi connectivity index (χ4n) is 3.64. The van der Waals surface area contributed by atoms with Gasteiger partial charge in [0.05, 0.1) is 10.5 Å². The summed E-state index contributed by atoms with van der Waals surface area (Å²) in [6, 6.07) is 14.0. The monoisotopic (exact) mass is 444 g/mol. The highest BCUT2D eigenvalue weighted by molar-refractivity contribution is 7.92. The number of esters is 1. The van der Waals surface area contributed by atoms with Gasteiger partial charge in [-0.2, -0.15) is 0 Å². The number of benzene rings is 2. The molecule has 1 amide bonds. The van der Waals surface area contributed by atoms with Gasteiger partial charge in [-0.25, -0.2) is 13.2 Å². The first-order valence-corrected chi connectivity index (χ1v) is 11.9. The van der Waals surface area contributed by atoms with Crippen LogP contribution in [0.4, 0.5) is 5.69 Å². The maximum Gasteiger partial charge on any atom is 0.338 e. The van der Waals surface area contributed by atoms with Gasteiger partial charge in [0.15, 0.2) is 6.10 Å². The molecule has 0 aromatic heterocycles. The Bertz CT molecular complexity index is 1020. The normalized spacial score (nSPS) is 19.8. The highest BCUT2D eigenvalue weighted by Gasteiger charge is 2.26. The van der Waals surface area contributed by atoms with E-state index in [2.05, 4.69) is 17.0 Å². The molecule has 1 aliphatic carbocycles. The van der Waals surface area contributed by atoms with Crippen LogP contribution in [0.25, 0.3) is 0 Å². The smallest absolute Gasteiger partial charge is 0.338 e. The van der Waals surface area contributed by atoms with Crippen LogP contribution in [0.2, 0.25) is 0 Å². The summed E-state index contributed by atoms with van der Waals surface area (Å²) in [5.41, 5.74) is 0.380. The summed E-state index contributed by atoms with van der Waals surface area (Å²) in [6.07, 6.45) is 3.30. The molecule has 31 heavy (non-hydrogen) atoms. The molecule has 2 N–H and O–H groups in total. The molecule has 0 bridgehead atoms. The molecular formula is C23H28N2O5S. The molecule has 7 nitrogen and oxygen atoms in total. The van der Waals surface area contributed by atoms with Crippen molar-refractivity contribution in [1.82, 2.24) is 5.32 Å². The first kappa shape index (κ1) is 22.8. The molecule has 0 heterocycles. The van der Waals surface area contributed by atoms with Crippen LogP contribution >= 0.6 is 0 Å². The Morgan fingerprint density at radius 2 is 1.74 bits per heavy atom. The Hall–Kier alpha value is -2.87. The second-order valence-corrected chi connectivity index (χ2v) is 9.61. The highest BCUT2D eigenvalue weighted by atomic mass is 32.2. The molecule has 3 rings (SSSR count). The average Bonchev–Trinajstić information content (AvgIpc) is 2.75. The number of nitrogens with one attached hydrogen (secondary N) is 2. The lowest BCUT2D eigenvalue weighted by Crippen LogP contribution is -2.45. The van der Waals surface area contributed by atoms with E-state index in [1.54, 1.807) is 24.3 Å². The second-order valence-electron chi connectivity index (χ2n) is 7.92. The van der Waals surface area contributed by atoms with Gasteiger partial charge in [0.1, 0.15) is 0 Å². The fourth-order valence-corrected chi connectivity index (χ4v) is 4.71. The quantitative estimate of drug-likeness (QED) is 0.634. The summed E-state index contributed by atoms with van der Waals surface area (Å²) >= 11 is 0. The minimum Gasteiger partial charge on any atom is -0.449 e. The molecule has 1 fully saturated rings. The molecule has 166 valence electrons. The first-order chi connectivity index (χ1) is 14.8. The van der Waals surface area contributed by atoms with Crippen LogP contribution in [0.1, 0.15) is 49.9 Å². The number of anilines is 1. The number of sulfonamides is 1. The van der Waals surface area contributed by atoms with Crippen LogP contribution in [0.15, 0.2) is 59.5 Å². The lowest BCUT2D eigenvalue weighted by atomic mass is 9.86. The second kappa shape index (κ2) is 9.96. The van der Waals surface area contributed by atoms with Crippen LogP contribution in [0.3, 0.4) is 0 Å². The minimum atomic E-state index is -3.78. The SMILES string of the molecule is CC(OC(=O)c1cccc(NS(=O)(=O)c2ccccc2)c1)C(=O)NC1CCCCC1C. The molecule has 8 heteroatoms. The lowest BCUT2D eigenvalue weighted by Gasteiger charge is -2.30. The van der Waals surface area contributed by atoms with Crippen molar-refractivity contribution in [2.45, 2.75) is 56.6 Å². The molecule has 1 saturated carbocycles. The number of hydrogen-bond donors (Lipinski definition) is 2. The molecule has 2 aromatic rings. The molecule has 0 aliphatic heterocycles. The minimum absolute atomic E-state index is 0.0955. The zero-order chi connectivity index (χ0) is 22.4. The van der Waals surface area contributed by atoms with E-state index in [9.17, 15) is 18.0 Å². The van der Waals surface area contributed by atoms with Gasteiger partial charge in [0, 0.05) is 11.7 Å². The summed E-state index contributed by atoms with van der Waals surface area (Å²) in [4.78, 5) is 25.1. The Morgan fingerprint density at radius 3 is 2.45 bits per heavy atom. The molecule has 0 saturated heterocycles. The number of rotatable bonds is 7. The molecular weight excluding hydrogens is 416 g/mol. The summed E-state index contributed by atoms with van der Waals surface area (Å²) in [5.74, 6) is -0.622. The number of amides is 1. The third-order valence-electron chi connectivity index (χ3n) is 5.50. The van der Waals surface area contributed by atoms with E-state index >= 15 is 0 Å². The average molecular weight is 445 g/mol. The summed E-state index contributed by atoms with van der Waals surface area (Å²) in [6.45, 7) is 3.64. The van der Waals surface area contributed by atoms with Gasteiger partial charge in [-0.05, 0) is 56.0 Å². The van der Waals surface area contributed by atoms with Gasteiger partial charge in [-0.3, -0.25) is 9.52 Å². The molecule has 0 spiro atoms. The van der Waals surface area contributed by atoms with Crippen molar-refractivity contribution in [2.75, 3.05) is 4.72 Å². The van der Waals surface area contributed by atoms with Gasteiger partial charge < -0.3 is 10.1 Å². The van der Waals surface area contributed by atoms with Crippen molar-refractivity contribution in [3.8, 4) is 0 Å². The zero-order valence-electron chi connectivity index (χ0n) is 17.7. The topological polar surface area (TPSA) is 102 Å². The van der Waals surface area contributed by atoms with Crippen molar-refractivity contribution in [3.63, 3.8) is 0 Å². The largest absolute Gasteiger partial charge is 0.449 e. The summed E-state index contributed by atoms with van der Waals surface area (Å²) in [5, 5.41) is 2.98. The molecule has 2 aromatic carbocycles. The van der Waals surface area contributed by atoms with Crippen LogP contribution < -0.4 is 10.0 Å². The van der Waals surface area contributed by atoms with Gasteiger partial charge in [0.2, 0.25) is 0 Å². The van der Waals surface area contributed by atoms with Crippen molar-refractivity contribution in [3.05, 3.63) is 60.2 Å². The predicted octanol–water partition coefficient (Wildman–Crippen LogP) is 3.73. The van der Waals surface area contributed by atoms with E-state index in [4.69, 9.17) is 4.74 Å². The van der Waals surface area contributed by atoms with Crippen LogP contribution in [0, 0.1) is 5.92 Å². The lowest BCUT2D eigenvalue weighted by molar-refractivity contribution is -0.130. The Labute approximate surface area is 183 Å². The standard InChI is InChI=1S/C23H28N2O5S/c1-16-9-6-7-14-21(16)24-22(26)17(2)30-23(27)18-10-8-11-19(15-18)25-31(28,29)20-12-4-3-5-13-20/h3-5,8,10-13,15-17,21,25H,6-7,9,14H2,1-2H3,(H,24,26).